The molecule has 1 aliphatic rings. The number of aliphatic hydroxyl groups is 4. The van der Waals surface area contributed by atoms with Crippen molar-refractivity contribution >= 4 is 11.6 Å². The van der Waals surface area contributed by atoms with Crippen LogP contribution in [0.15, 0.2) is 0 Å². The predicted molar refractivity (Wildman–Crippen MR) is 46.4 cm³/mol. The van der Waals surface area contributed by atoms with Crippen molar-refractivity contribution in [1.29, 1.82) is 0 Å². The molecule has 86 valence electrons. The fourth-order valence-corrected chi connectivity index (χ4v) is 1.39. The van der Waals surface area contributed by atoms with Gasteiger partial charge in [0.15, 0.2) is 0 Å². The molecule has 0 aromatic heterocycles. The third-order valence-electron chi connectivity index (χ3n) is 2.01. The van der Waals surface area contributed by atoms with Crippen LogP contribution in [0.3, 0.4) is 0 Å². The zero-order valence-corrected chi connectivity index (χ0v) is 7.92. The molecule has 7 nitrogen and oxygen atoms in total. The lowest BCUT2D eigenvalue weighted by molar-refractivity contribution is -0.272. The van der Waals surface area contributed by atoms with Crippen LogP contribution in [0.2, 0.25) is 0 Å². The minimum atomic E-state index is -2.26. The van der Waals surface area contributed by atoms with Gasteiger partial charge in [0, 0.05) is 0 Å². The Bertz CT molecular complexity index is 189. The minimum Gasteiger partial charge on any atom is -0.412 e. The summed E-state index contributed by atoms with van der Waals surface area (Å²) in [6, 6.07) is -1.33. The Hall–Kier alpha value is 0.01000. The number of hydrogen-bond donors (Lipinski definition) is 5. The van der Waals surface area contributed by atoms with Crippen molar-refractivity contribution < 1.29 is 30.6 Å². The Labute approximate surface area is 85.0 Å². The van der Waals surface area contributed by atoms with E-state index < -0.39 is 36.2 Å². The molecule has 0 amide bonds. The molecule has 8 heteroatoms. The lowest BCUT2D eigenvalue weighted by Gasteiger charge is -2.42. The second-order valence-corrected chi connectivity index (χ2v) is 3.50. The normalized spacial score (nSPS) is 48.4. The zero-order chi connectivity index (χ0) is 10.2. The van der Waals surface area contributed by atoms with E-state index in [2.05, 4.69) is 4.74 Å². The standard InChI is InChI=1S/C6H12ClNO5.H2O/c7-6(12)5(8)4(11)3(10)2(1-9)13-6;/h2-5,9-12H,1,8H2;1H2/t2-,3-,4+,5-,6?;/m1./s1. The van der Waals surface area contributed by atoms with Gasteiger partial charge >= 0.3 is 0 Å². The van der Waals surface area contributed by atoms with Crippen molar-refractivity contribution in [3.63, 3.8) is 0 Å². The smallest absolute Gasteiger partial charge is 0.264 e. The highest BCUT2D eigenvalue weighted by molar-refractivity contribution is 6.22. The Morgan fingerprint density at radius 3 is 2.29 bits per heavy atom. The number of rotatable bonds is 1. The summed E-state index contributed by atoms with van der Waals surface area (Å²) in [5, 5.41) is 34.2. The maximum Gasteiger partial charge on any atom is 0.264 e. The number of aliphatic hydroxyl groups excluding tert-OH is 3. The molecule has 5 atom stereocenters. The van der Waals surface area contributed by atoms with Crippen molar-refractivity contribution in [3.05, 3.63) is 0 Å². The molecule has 0 saturated carbocycles. The minimum absolute atomic E-state index is 0. The van der Waals surface area contributed by atoms with Gasteiger partial charge in [0.25, 0.3) is 5.25 Å². The summed E-state index contributed by atoms with van der Waals surface area (Å²) in [5.74, 6) is 0. The van der Waals surface area contributed by atoms with E-state index in [1.54, 1.807) is 0 Å². The molecule has 0 bridgehead atoms. The summed E-state index contributed by atoms with van der Waals surface area (Å²) in [7, 11) is 0. The van der Waals surface area contributed by atoms with Crippen molar-refractivity contribution in [2.75, 3.05) is 6.61 Å². The summed E-state index contributed by atoms with van der Waals surface area (Å²) >= 11 is 5.38. The van der Waals surface area contributed by atoms with Crippen LogP contribution in [0.25, 0.3) is 0 Å². The van der Waals surface area contributed by atoms with Crippen LogP contribution in [-0.4, -0.2) is 62.1 Å². The van der Waals surface area contributed by atoms with E-state index in [0.717, 1.165) is 0 Å². The highest BCUT2D eigenvalue weighted by Crippen LogP contribution is 2.29. The third-order valence-corrected chi connectivity index (χ3v) is 2.35. The van der Waals surface area contributed by atoms with Gasteiger partial charge in [0.2, 0.25) is 0 Å². The van der Waals surface area contributed by atoms with E-state index >= 15 is 0 Å². The molecule has 0 aromatic rings. The third kappa shape index (κ3) is 2.33. The van der Waals surface area contributed by atoms with E-state index in [-0.39, 0.29) is 5.48 Å². The van der Waals surface area contributed by atoms with Gasteiger partial charge in [0.05, 0.1) is 6.61 Å². The van der Waals surface area contributed by atoms with Crippen LogP contribution in [0.1, 0.15) is 0 Å². The Morgan fingerprint density at radius 1 is 1.36 bits per heavy atom. The summed E-state index contributed by atoms with van der Waals surface area (Å²) in [5.41, 5.74) is 5.26. The van der Waals surface area contributed by atoms with Gasteiger partial charge in [-0.1, -0.05) is 11.6 Å². The molecule has 0 aliphatic carbocycles. The Morgan fingerprint density at radius 2 is 1.86 bits per heavy atom. The van der Waals surface area contributed by atoms with Gasteiger partial charge in [-0.2, -0.15) is 0 Å². The zero-order valence-electron chi connectivity index (χ0n) is 7.17. The molecule has 1 rings (SSSR count). The fourth-order valence-electron chi connectivity index (χ4n) is 1.15. The lowest BCUT2D eigenvalue weighted by atomic mass is 9.98. The average molecular weight is 232 g/mol. The van der Waals surface area contributed by atoms with Gasteiger partial charge in [-0.05, 0) is 0 Å². The Kier molecular flexibility index (Phi) is 4.69. The number of alkyl halides is 1. The molecule has 0 radical (unpaired) electrons. The van der Waals surface area contributed by atoms with Gasteiger partial charge in [-0.15, -0.1) is 0 Å². The molecule has 1 saturated heterocycles. The van der Waals surface area contributed by atoms with Crippen molar-refractivity contribution in [2.24, 2.45) is 5.73 Å². The fraction of sp³-hybridized carbons (Fsp3) is 1.00. The quantitative estimate of drug-likeness (QED) is 0.296. The van der Waals surface area contributed by atoms with Gasteiger partial charge < -0.3 is 36.4 Å². The molecule has 0 aromatic carbocycles. The first-order chi connectivity index (χ1) is 5.90. The summed E-state index contributed by atoms with van der Waals surface area (Å²) in [6.45, 7) is -0.569. The molecule has 1 aliphatic heterocycles. The van der Waals surface area contributed by atoms with E-state index in [0.29, 0.717) is 0 Å². The van der Waals surface area contributed by atoms with Crippen LogP contribution in [-0.2, 0) is 4.74 Å². The van der Waals surface area contributed by atoms with E-state index in [1.807, 2.05) is 0 Å². The maximum absolute atomic E-state index is 9.27. The van der Waals surface area contributed by atoms with E-state index in [9.17, 15) is 15.3 Å². The van der Waals surface area contributed by atoms with Crippen LogP contribution in [0, 0.1) is 0 Å². The molecule has 1 heterocycles. The molecule has 1 unspecified atom stereocenters. The van der Waals surface area contributed by atoms with Gasteiger partial charge in [0.1, 0.15) is 24.4 Å². The number of halogens is 1. The summed E-state index contributed by atoms with van der Waals surface area (Å²) < 4.78 is 4.65. The second kappa shape index (κ2) is 4.69. The molecular formula is C6H14ClNO6. The monoisotopic (exact) mass is 231 g/mol. The largest absolute Gasteiger partial charge is 0.412 e. The highest BCUT2D eigenvalue weighted by atomic mass is 35.5. The lowest BCUT2D eigenvalue weighted by Crippen LogP contribution is -2.66. The number of hydrogen-bond acceptors (Lipinski definition) is 6. The van der Waals surface area contributed by atoms with Crippen molar-refractivity contribution in [3.8, 4) is 0 Å². The predicted octanol–water partition coefficient (Wildman–Crippen LogP) is -3.51. The molecular weight excluding hydrogens is 218 g/mol. The van der Waals surface area contributed by atoms with E-state index in [4.69, 9.17) is 22.4 Å². The first-order valence-corrected chi connectivity index (χ1v) is 4.09. The molecule has 8 N–H and O–H groups in total. The first kappa shape index (κ1) is 14.0. The Balaban J connectivity index is 0.00000169. The van der Waals surface area contributed by atoms with Crippen LogP contribution >= 0.6 is 11.6 Å². The topological polar surface area (TPSA) is 148 Å². The SMILES string of the molecule is N[C@@H]1[C@@H](O)[C@H](O)[C@@H](CO)OC1(O)Cl.O. The van der Waals surface area contributed by atoms with Crippen LogP contribution in [0.4, 0.5) is 0 Å². The van der Waals surface area contributed by atoms with Gasteiger partial charge in [-0.25, -0.2) is 0 Å². The molecule has 14 heavy (non-hydrogen) atoms. The summed E-state index contributed by atoms with van der Waals surface area (Å²) in [6.07, 6.45) is -3.94. The maximum atomic E-state index is 9.27. The number of ether oxygens (including phenoxy) is 1. The van der Waals surface area contributed by atoms with Crippen molar-refractivity contribution in [2.45, 2.75) is 29.6 Å². The van der Waals surface area contributed by atoms with Crippen molar-refractivity contribution in [1.82, 2.24) is 0 Å². The van der Waals surface area contributed by atoms with Crippen LogP contribution in [0.5, 0.6) is 0 Å². The molecule has 0 spiro atoms. The first-order valence-electron chi connectivity index (χ1n) is 3.72. The number of nitrogens with two attached hydrogens (primary N) is 1. The second-order valence-electron chi connectivity index (χ2n) is 2.95. The highest BCUT2D eigenvalue weighted by Gasteiger charge is 2.50. The average Bonchev–Trinajstić information content (AvgIpc) is 2.08. The van der Waals surface area contributed by atoms with Gasteiger partial charge in [-0.3, -0.25) is 0 Å². The van der Waals surface area contributed by atoms with E-state index in [1.165, 1.54) is 0 Å². The summed E-state index contributed by atoms with van der Waals surface area (Å²) in [4.78, 5) is 0. The molecule has 1 fully saturated rings. The van der Waals surface area contributed by atoms with Crippen LogP contribution < -0.4 is 5.73 Å².